The number of rotatable bonds is 5. The van der Waals surface area contributed by atoms with Crippen LogP contribution in [0, 0.1) is 5.92 Å². The SMILES string of the molecule is C=C(c1ccc(C(C)=O)cc1)C(N=[N+]=[N-])C1CCCC1. The number of Topliss-reactive ketones (excluding diaryl/α,β-unsaturated/α-hetero) is 1. The maximum atomic E-state index is 11.3. The zero-order chi connectivity index (χ0) is 14.5. The lowest BCUT2D eigenvalue weighted by Crippen LogP contribution is -2.16. The van der Waals surface area contributed by atoms with Crippen molar-refractivity contribution in [3.63, 3.8) is 0 Å². The van der Waals surface area contributed by atoms with Crippen LogP contribution in [-0.4, -0.2) is 11.8 Å². The Balaban J connectivity index is 2.22. The van der Waals surface area contributed by atoms with Crippen molar-refractivity contribution < 1.29 is 4.79 Å². The molecule has 20 heavy (non-hydrogen) atoms. The van der Waals surface area contributed by atoms with Crippen molar-refractivity contribution in [2.45, 2.75) is 38.6 Å². The number of hydrogen-bond acceptors (Lipinski definition) is 2. The van der Waals surface area contributed by atoms with Crippen LogP contribution in [0.4, 0.5) is 0 Å². The summed E-state index contributed by atoms with van der Waals surface area (Å²) in [6.45, 7) is 5.66. The molecule has 1 atom stereocenters. The molecule has 104 valence electrons. The van der Waals surface area contributed by atoms with E-state index in [0.29, 0.717) is 11.5 Å². The molecule has 1 aliphatic rings. The summed E-state index contributed by atoms with van der Waals surface area (Å²) in [6.07, 6.45) is 4.57. The van der Waals surface area contributed by atoms with Gasteiger partial charge in [0, 0.05) is 10.5 Å². The summed E-state index contributed by atoms with van der Waals surface area (Å²) in [7, 11) is 0. The van der Waals surface area contributed by atoms with Gasteiger partial charge < -0.3 is 0 Å². The predicted molar refractivity (Wildman–Crippen MR) is 80.4 cm³/mol. The Morgan fingerprint density at radius 1 is 1.30 bits per heavy atom. The lowest BCUT2D eigenvalue weighted by molar-refractivity contribution is 0.101. The molecule has 0 saturated heterocycles. The molecule has 1 aromatic rings. The average Bonchev–Trinajstić information content (AvgIpc) is 2.98. The molecule has 0 aromatic heterocycles. The summed E-state index contributed by atoms with van der Waals surface area (Å²) >= 11 is 0. The van der Waals surface area contributed by atoms with Gasteiger partial charge in [0.1, 0.15) is 0 Å². The highest BCUT2D eigenvalue weighted by atomic mass is 16.1. The standard InChI is InChI=1S/C16H19N3O/c1-11(13-7-9-14(10-8-13)12(2)20)16(18-19-17)15-5-3-4-6-15/h7-10,15-16H,1,3-6H2,2H3. The maximum Gasteiger partial charge on any atom is 0.159 e. The van der Waals surface area contributed by atoms with E-state index in [1.54, 1.807) is 19.1 Å². The van der Waals surface area contributed by atoms with Gasteiger partial charge in [-0.15, -0.1) is 0 Å². The highest BCUT2D eigenvalue weighted by Crippen LogP contribution is 2.35. The Bertz CT molecular complexity index is 550. The quantitative estimate of drug-likeness (QED) is 0.328. The van der Waals surface area contributed by atoms with E-state index in [2.05, 4.69) is 16.6 Å². The summed E-state index contributed by atoms with van der Waals surface area (Å²) in [5.74, 6) is 0.440. The molecule has 0 N–H and O–H groups in total. The smallest absolute Gasteiger partial charge is 0.159 e. The van der Waals surface area contributed by atoms with Gasteiger partial charge in [-0.3, -0.25) is 4.79 Å². The fourth-order valence-electron chi connectivity index (χ4n) is 2.87. The zero-order valence-electron chi connectivity index (χ0n) is 11.7. The van der Waals surface area contributed by atoms with E-state index in [-0.39, 0.29) is 11.8 Å². The summed E-state index contributed by atoms with van der Waals surface area (Å²) in [4.78, 5) is 14.3. The van der Waals surface area contributed by atoms with E-state index < -0.39 is 0 Å². The molecule has 1 fully saturated rings. The maximum absolute atomic E-state index is 11.3. The van der Waals surface area contributed by atoms with Crippen LogP contribution >= 0.6 is 0 Å². The molecule has 0 heterocycles. The molecule has 0 bridgehead atoms. The number of carbonyl (C=O) groups is 1. The summed E-state index contributed by atoms with van der Waals surface area (Å²) in [6, 6.07) is 7.18. The van der Waals surface area contributed by atoms with Gasteiger partial charge in [0.05, 0.1) is 6.04 Å². The molecular formula is C16H19N3O. The largest absolute Gasteiger partial charge is 0.295 e. The van der Waals surface area contributed by atoms with E-state index >= 15 is 0 Å². The Hall–Kier alpha value is -2.06. The van der Waals surface area contributed by atoms with E-state index in [1.165, 1.54) is 12.8 Å². The Morgan fingerprint density at radius 2 is 1.85 bits per heavy atom. The van der Waals surface area contributed by atoms with Crippen LogP contribution in [0.15, 0.2) is 36.0 Å². The third kappa shape index (κ3) is 3.09. The number of azide groups is 1. The molecule has 0 spiro atoms. The normalized spacial score (nSPS) is 16.4. The molecule has 1 aromatic carbocycles. The summed E-state index contributed by atoms with van der Waals surface area (Å²) in [5.41, 5.74) is 11.3. The Kier molecular flexibility index (Phi) is 4.59. The van der Waals surface area contributed by atoms with Gasteiger partial charge in [-0.2, -0.15) is 0 Å². The highest BCUT2D eigenvalue weighted by Gasteiger charge is 2.26. The monoisotopic (exact) mass is 269 g/mol. The minimum Gasteiger partial charge on any atom is -0.295 e. The molecule has 1 aliphatic carbocycles. The topological polar surface area (TPSA) is 65.8 Å². The molecule has 4 nitrogen and oxygen atoms in total. The Labute approximate surface area is 119 Å². The van der Waals surface area contributed by atoms with Crippen LogP contribution in [-0.2, 0) is 0 Å². The first-order valence-electron chi connectivity index (χ1n) is 6.98. The number of hydrogen-bond donors (Lipinski definition) is 0. The number of carbonyl (C=O) groups excluding carboxylic acids is 1. The zero-order valence-corrected chi connectivity index (χ0v) is 11.7. The fraction of sp³-hybridized carbons (Fsp3) is 0.438. The van der Waals surface area contributed by atoms with E-state index in [1.807, 2.05) is 12.1 Å². The van der Waals surface area contributed by atoms with Crippen LogP contribution in [0.1, 0.15) is 48.5 Å². The molecule has 2 rings (SSSR count). The molecule has 0 amide bonds. The molecular weight excluding hydrogens is 250 g/mol. The minimum atomic E-state index is -0.175. The van der Waals surface area contributed by atoms with E-state index in [4.69, 9.17) is 5.53 Å². The molecule has 0 aliphatic heterocycles. The van der Waals surface area contributed by atoms with Crippen LogP contribution in [0.2, 0.25) is 0 Å². The predicted octanol–water partition coefficient (Wildman–Crippen LogP) is 4.77. The van der Waals surface area contributed by atoms with Crippen LogP contribution in [0.3, 0.4) is 0 Å². The molecule has 1 unspecified atom stereocenters. The lowest BCUT2D eigenvalue weighted by Gasteiger charge is -2.21. The van der Waals surface area contributed by atoms with Gasteiger partial charge in [-0.05, 0) is 42.4 Å². The van der Waals surface area contributed by atoms with Crippen molar-refractivity contribution in [2.75, 3.05) is 0 Å². The first kappa shape index (κ1) is 14.4. The number of benzene rings is 1. The van der Waals surface area contributed by atoms with Gasteiger partial charge in [-0.25, -0.2) is 0 Å². The fourth-order valence-corrected chi connectivity index (χ4v) is 2.87. The van der Waals surface area contributed by atoms with Crippen molar-refractivity contribution in [2.24, 2.45) is 11.0 Å². The minimum absolute atomic E-state index is 0.0459. The van der Waals surface area contributed by atoms with Crippen LogP contribution < -0.4 is 0 Å². The Morgan fingerprint density at radius 3 is 2.35 bits per heavy atom. The van der Waals surface area contributed by atoms with Crippen molar-refractivity contribution in [3.05, 3.63) is 52.4 Å². The average molecular weight is 269 g/mol. The highest BCUT2D eigenvalue weighted by molar-refractivity contribution is 5.94. The van der Waals surface area contributed by atoms with E-state index in [0.717, 1.165) is 24.0 Å². The van der Waals surface area contributed by atoms with E-state index in [9.17, 15) is 4.79 Å². The van der Waals surface area contributed by atoms with Gasteiger partial charge in [-0.1, -0.05) is 48.8 Å². The van der Waals surface area contributed by atoms with Gasteiger partial charge in [0.15, 0.2) is 5.78 Å². The van der Waals surface area contributed by atoms with Crippen molar-refractivity contribution in [1.82, 2.24) is 0 Å². The third-order valence-electron chi connectivity index (χ3n) is 4.04. The second kappa shape index (κ2) is 6.40. The van der Waals surface area contributed by atoms with Crippen LogP contribution in [0.5, 0.6) is 0 Å². The third-order valence-corrected chi connectivity index (χ3v) is 4.04. The lowest BCUT2D eigenvalue weighted by atomic mass is 9.89. The van der Waals surface area contributed by atoms with Crippen molar-refractivity contribution in [1.29, 1.82) is 0 Å². The summed E-state index contributed by atoms with van der Waals surface area (Å²) in [5, 5.41) is 3.95. The number of nitrogens with zero attached hydrogens (tertiary/aromatic N) is 3. The first-order valence-corrected chi connectivity index (χ1v) is 6.98. The number of ketones is 1. The second-order valence-corrected chi connectivity index (χ2v) is 5.35. The van der Waals surface area contributed by atoms with Crippen LogP contribution in [0.25, 0.3) is 16.0 Å². The molecule has 1 saturated carbocycles. The van der Waals surface area contributed by atoms with Crippen molar-refractivity contribution in [3.8, 4) is 0 Å². The van der Waals surface area contributed by atoms with Crippen molar-refractivity contribution >= 4 is 11.4 Å². The molecule has 4 heteroatoms. The van der Waals surface area contributed by atoms with Gasteiger partial charge in [0.2, 0.25) is 0 Å². The van der Waals surface area contributed by atoms with Gasteiger partial charge in [0.25, 0.3) is 0 Å². The second-order valence-electron chi connectivity index (χ2n) is 5.35. The van der Waals surface area contributed by atoms with Gasteiger partial charge >= 0.3 is 0 Å². The summed E-state index contributed by atoms with van der Waals surface area (Å²) < 4.78 is 0. The first-order chi connectivity index (χ1) is 9.63. The molecule has 0 radical (unpaired) electrons.